The van der Waals surface area contributed by atoms with Crippen molar-refractivity contribution in [2.75, 3.05) is 13.2 Å². The Morgan fingerprint density at radius 2 is 1.82 bits per heavy atom. The Labute approximate surface area is 160 Å². The molecule has 0 unspecified atom stereocenters. The number of benzene rings is 2. The number of hydrogen-bond donors (Lipinski definition) is 2. The fourth-order valence-corrected chi connectivity index (χ4v) is 2.35. The third kappa shape index (κ3) is 4.85. The van der Waals surface area contributed by atoms with Crippen LogP contribution in [0.5, 0.6) is 11.5 Å². The Morgan fingerprint density at radius 1 is 1.11 bits per heavy atom. The Kier molecular flexibility index (Phi) is 5.85. The lowest BCUT2D eigenvalue weighted by molar-refractivity contribution is -0.255. The monoisotopic (exact) mass is 382 g/mol. The van der Waals surface area contributed by atoms with Crippen molar-refractivity contribution in [3.05, 3.63) is 59.7 Å². The summed E-state index contributed by atoms with van der Waals surface area (Å²) < 4.78 is 11.0. The van der Waals surface area contributed by atoms with Crippen LogP contribution in [0.4, 0.5) is 0 Å². The number of hydrogen-bond acceptors (Lipinski definition) is 7. The number of rotatable bonds is 6. The lowest BCUT2D eigenvalue weighted by Crippen LogP contribution is -2.46. The number of carbonyl (C=O) groups excluding carboxylic acids is 3. The van der Waals surface area contributed by atoms with E-state index in [1.54, 1.807) is 24.3 Å². The molecule has 1 heterocycles. The highest BCUT2D eigenvalue weighted by atomic mass is 16.6. The second kappa shape index (κ2) is 8.67. The predicted molar refractivity (Wildman–Crippen MR) is 95.9 cm³/mol. The number of ether oxygens (including phenoxy) is 2. The summed E-state index contributed by atoms with van der Waals surface area (Å²) in [5.74, 6) is -1.26. The van der Waals surface area contributed by atoms with E-state index in [1.165, 1.54) is 30.5 Å². The van der Waals surface area contributed by atoms with Gasteiger partial charge in [0.05, 0.1) is 18.7 Å². The number of carboxylic acid groups (broad SMARTS) is 1. The molecule has 2 amide bonds. The Balaban J connectivity index is 1.43. The Morgan fingerprint density at radius 3 is 2.54 bits per heavy atom. The molecule has 2 aromatic carbocycles. The van der Waals surface area contributed by atoms with Crippen molar-refractivity contribution in [1.82, 2.24) is 10.7 Å². The number of amides is 2. The van der Waals surface area contributed by atoms with Crippen LogP contribution in [0.25, 0.3) is 0 Å². The highest BCUT2D eigenvalue weighted by molar-refractivity contribution is 5.89. The van der Waals surface area contributed by atoms with Crippen molar-refractivity contribution >= 4 is 24.0 Å². The summed E-state index contributed by atoms with van der Waals surface area (Å²) >= 11 is 0. The van der Waals surface area contributed by atoms with E-state index in [0.717, 1.165) is 0 Å². The average Bonchev–Trinajstić information content (AvgIpc) is 2.72. The molecule has 2 aromatic rings. The van der Waals surface area contributed by atoms with E-state index in [0.29, 0.717) is 17.1 Å². The van der Waals surface area contributed by atoms with E-state index < -0.39 is 23.9 Å². The van der Waals surface area contributed by atoms with Gasteiger partial charge in [-0.2, -0.15) is 5.10 Å². The third-order valence-electron chi connectivity index (χ3n) is 3.77. The van der Waals surface area contributed by atoms with Gasteiger partial charge in [0, 0.05) is 0 Å². The molecule has 2 N–H and O–H groups in total. The number of para-hydroxylation sites is 2. The lowest BCUT2D eigenvalue weighted by atomic mass is 10.1. The molecule has 1 aliphatic heterocycles. The molecule has 9 nitrogen and oxygen atoms in total. The third-order valence-corrected chi connectivity index (χ3v) is 3.77. The maximum absolute atomic E-state index is 12.1. The molecule has 0 fully saturated rings. The van der Waals surface area contributed by atoms with Crippen LogP contribution in [0.15, 0.2) is 53.6 Å². The number of nitrogens with one attached hydrogen (secondary N) is 2. The number of aromatic carboxylic acids is 1. The minimum Gasteiger partial charge on any atom is -0.545 e. The van der Waals surface area contributed by atoms with Crippen molar-refractivity contribution in [2.45, 2.75) is 6.10 Å². The van der Waals surface area contributed by atoms with Gasteiger partial charge >= 0.3 is 0 Å². The standard InChI is InChI=1S/C19H17N3O6/c23-17(22-21-9-12-5-7-13(8-6-12)19(25)26)10-20-18(24)16-11-27-14-3-1-2-4-15(14)28-16/h1-9,16H,10-11H2,(H,20,24)(H,22,23)(H,25,26)/p-1/b21-9-/t16-/m0/s1. The summed E-state index contributed by atoms with van der Waals surface area (Å²) in [6.45, 7) is -0.244. The van der Waals surface area contributed by atoms with E-state index in [4.69, 9.17) is 9.47 Å². The van der Waals surface area contributed by atoms with Gasteiger partial charge < -0.3 is 24.7 Å². The number of carbonyl (C=O) groups is 3. The number of fused-ring (bicyclic) bond motifs is 1. The minimum atomic E-state index is -1.27. The average molecular weight is 382 g/mol. The number of hydrazone groups is 1. The molecule has 0 aliphatic carbocycles. The smallest absolute Gasteiger partial charge is 0.265 e. The largest absolute Gasteiger partial charge is 0.545 e. The van der Waals surface area contributed by atoms with E-state index in [1.807, 2.05) is 0 Å². The second-order valence-electron chi connectivity index (χ2n) is 5.78. The normalized spacial score (nSPS) is 15.1. The highest BCUT2D eigenvalue weighted by Gasteiger charge is 2.27. The first kappa shape index (κ1) is 18.9. The molecule has 0 saturated carbocycles. The van der Waals surface area contributed by atoms with Gasteiger partial charge in [-0.3, -0.25) is 9.59 Å². The number of nitrogens with zero attached hydrogens (tertiary/aromatic N) is 1. The van der Waals surface area contributed by atoms with Gasteiger partial charge in [-0.15, -0.1) is 0 Å². The van der Waals surface area contributed by atoms with Crippen molar-refractivity contribution in [3.63, 3.8) is 0 Å². The van der Waals surface area contributed by atoms with Crippen molar-refractivity contribution < 1.29 is 29.0 Å². The Hall–Kier alpha value is -3.88. The first-order valence-electron chi connectivity index (χ1n) is 8.32. The number of carboxylic acids is 1. The zero-order valence-corrected chi connectivity index (χ0v) is 14.6. The van der Waals surface area contributed by atoms with E-state index in [-0.39, 0.29) is 18.7 Å². The van der Waals surface area contributed by atoms with Crippen LogP contribution in [0.2, 0.25) is 0 Å². The van der Waals surface area contributed by atoms with Crippen LogP contribution in [0, 0.1) is 0 Å². The van der Waals surface area contributed by atoms with Gasteiger partial charge in [0.15, 0.2) is 11.5 Å². The quantitative estimate of drug-likeness (QED) is 0.510. The fourth-order valence-electron chi connectivity index (χ4n) is 2.35. The first-order valence-corrected chi connectivity index (χ1v) is 8.32. The molecule has 0 saturated heterocycles. The van der Waals surface area contributed by atoms with Crippen LogP contribution in [0.1, 0.15) is 15.9 Å². The minimum absolute atomic E-state index is 0.0421. The molecular weight excluding hydrogens is 366 g/mol. The molecule has 144 valence electrons. The van der Waals surface area contributed by atoms with Crippen LogP contribution >= 0.6 is 0 Å². The van der Waals surface area contributed by atoms with Crippen LogP contribution in [-0.2, 0) is 9.59 Å². The van der Waals surface area contributed by atoms with Crippen LogP contribution in [-0.4, -0.2) is 43.3 Å². The molecule has 0 bridgehead atoms. The molecule has 0 aromatic heterocycles. The van der Waals surface area contributed by atoms with Gasteiger partial charge in [-0.1, -0.05) is 36.4 Å². The first-order chi connectivity index (χ1) is 13.5. The SMILES string of the molecule is O=C(CNC(=O)[C@@H]1COc2ccccc2O1)N/N=C\c1ccc(C(=O)[O-])cc1. The van der Waals surface area contributed by atoms with Gasteiger partial charge in [-0.25, -0.2) is 5.43 Å². The fraction of sp³-hybridized carbons (Fsp3) is 0.158. The van der Waals surface area contributed by atoms with E-state index >= 15 is 0 Å². The molecule has 1 aliphatic rings. The summed E-state index contributed by atoms with van der Waals surface area (Å²) in [6, 6.07) is 12.7. The zero-order chi connectivity index (χ0) is 19.9. The van der Waals surface area contributed by atoms with Gasteiger partial charge in [0.25, 0.3) is 11.8 Å². The molecule has 9 heteroatoms. The topological polar surface area (TPSA) is 129 Å². The lowest BCUT2D eigenvalue weighted by Gasteiger charge is -2.25. The van der Waals surface area contributed by atoms with Crippen LogP contribution < -0.4 is 25.3 Å². The van der Waals surface area contributed by atoms with Crippen molar-refractivity contribution in [2.24, 2.45) is 5.10 Å². The van der Waals surface area contributed by atoms with E-state index in [9.17, 15) is 19.5 Å². The van der Waals surface area contributed by atoms with Crippen LogP contribution in [0.3, 0.4) is 0 Å². The summed E-state index contributed by atoms with van der Waals surface area (Å²) in [6.07, 6.45) is 0.488. The molecule has 0 spiro atoms. The van der Waals surface area contributed by atoms with Gasteiger partial charge in [-0.05, 0) is 23.3 Å². The highest BCUT2D eigenvalue weighted by Crippen LogP contribution is 2.30. The van der Waals surface area contributed by atoms with Crippen molar-refractivity contribution in [3.8, 4) is 11.5 Å². The second-order valence-corrected chi connectivity index (χ2v) is 5.78. The van der Waals surface area contributed by atoms with E-state index in [2.05, 4.69) is 15.8 Å². The summed E-state index contributed by atoms with van der Waals surface area (Å²) in [7, 11) is 0. The molecule has 0 radical (unpaired) electrons. The predicted octanol–water partition coefficient (Wildman–Crippen LogP) is -0.544. The van der Waals surface area contributed by atoms with Gasteiger partial charge in [0.2, 0.25) is 6.10 Å². The maximum Gasteiger partial charge on any atom is 0.265 e. The Bertz CT molecular complexity index is 910. The van der Waals surface area contributed by atoms with Crippen molar-refractivity contribution in [1.29, 1.82) is 0 Å². The molecule has 3 rings (SSSR count). The van der Waals surface area contributed by atoms with Gasteiger partial charge in [0.1, 0.15) is 6.61 Å². The summed E-state index contributed by atoms with van der Waals surface area (Å²) in [4.78, 5) is 34.5. The summed E-state index contributed by atoms with van der Waals surface area (Å²) in [5, 5.41) is 16.9. The molecule has 28 heavy (non-hydrogen) atoms. The zero-order valence-electron chi connectivity index (χ0n) is 14.6. The maximum atomic E-state index is 12.1. The molecular formula is C19H16N3O6-. The summed E-state index contributed by atoms with van der Waals surface area (Å²) in [5.41, 5.74) is 2.88. The molecule has 1 atom stereocenters.